The fourth-order valence-electron chi connectivity index (χ4n) is 3.06. The third-order valence-corrected chi connectivity index (χ3v) is 5.00. The summed E-state index contributed by atoms with van der Waals surface area (Å²) in [7, 11) is 0. The fourth-order valence-corrected chi connectivity index (χ4v) is 3.06. The van der Waals surface area contributed by atoms with Gasteiger partial charge in [0.2, 0.25) is 6.41 Å². The Balaban J connectivity index is 1.66. The predicted molar refractivity (Wildman–Crippen MR) is 104 cm³/mol. The van der Waals surface area contributed by atoms with E-state index in [0.29, 0.717) is 37.3 Å². The second kappa shape index (κ2) is 8.03. The molecule has 2 aromatic rings. The Morgan fingerprint density at radius 2 is 1.56 bits per heavy atom. The molecule has 6 nitrogen and oxygen atoms in total. The van der Waals surface area contributed by atoms with Crippen molar-refractivity contribution in [2.75, 3.05) is 31.5 Å². The Bertz CT molecular complexity index is 853. The fraction of sp³-hybridized carbons (Fsp3) is 0.286. The van der Waals surface area contributed by atoms with Crippen molar-refractivity contribution in [1.82, 2.24) is 9.80 Å². The summed E-state index contributed by atoms with van der Waals surface area (Å²) in [6.07, 6.45) is 0.811. The van der Waals surface area contributed by atoms with Gasteiger partial charge in [-0.25, -0.2) is 0 Å². The van der Waals surface area contributed by atoms with Crippen LogP contribution in [0.3, 0.4) is 0 Å². The van der Waals surface area contributed by atoms with Crippen LogP contribution in [0.2, 0.25) is 0 Å². The minimum Gasteiger partial charge on any atom is -0.342 e. The molecule has 1 fully saturated rings. The lowest BCUT2D eigenvalue weighted by molar-refractivity contribution is -0.119. The van der Waals surface area contributed by atoms with E-state index in [1.165, 1.54) is 0 Å². The highest BCUT2D eigenvalue weighted by Crippen LogP contribution is 2.19. The summed E-state index contributed by atoms with van der Waals surface area (Å²) in [5.74, 6) is -0.288. The van der Waals surface area contributed by atoms with Gasteiger partial charge in [-0.15, -0.1) is 0 Å². The number of benzene rings is 2. The van der Waals surface area contributed by atoms with Crippen molar-refractivity contribution < 1.29 is 14.4 Å². The minimum absolute atomic E-state index is 0.0814. The molecule has 0 spiro atoms. The second-order valence-corrected chi connectivity index (χ2v) is 6.71. The van der Waals surface area contributed by atoms with Gasteiger partial charge in [0, 0.05) is 43.0 Å². The van der Waals surface area contributed by atoms with Crippen molar-refractivity contribution in [3.05, 3.63) is 64.7 Å². The van der Waals surface area contributed by atoms with Gasteiger partial charge in [-0.2, -0.15) is 0 Å². The van der Waals surface area contributed by atoms with Crippen LogP contribution in [0.5, 0.6) is 0 Å². The summed E-state index contributed by atoms with van der Waals surface area (Å²) in [4.78, 5) is 39.2. The summed E-state index contributed by atoms with van der Waals surface area (Å²) >= 11 is 0. The van der Waals surface area contributed by atoms with Gasteiger partial charge in [-0.3, -0.25) is 14.4 Å². The summed E-state index contributed by atoms with van der Waals surface area (Å²) in [5, 5.41) is 2.92. The Labute approximate surface area is 158 Å². The average molecular weight is 365 g/mol. The third-order valence-electron chi connectivity index (χ3n) is 5.00. The van der Waals surface area contributed by atoms with E-state index in [0.717, 1.165) is 23.2 Å². The van der Waals surface area contributed by atoms with Gasteiger partial charge in [0.1, 0.15) is 0 Å². The number of amides is 3. The van der Waals surface area contributed by atoms with Crippen molar-refractivity contribution in [3.63, 3.8) is 0 Å². The van der Waals surface area contributed by atoms with Crippen LogP contribution >= 0.6 is 0 Å². The molecule has 1 saturated heterocycles. The van der Waals surface area contributed by atoms with Crippen LogP contribution in [0.4, 0.5) is 5.69 Å². The van der Waals surface area contributed by atoms with Crippen molar-refractivity contribution in [1.29, 1.82) is 0 Å². The zero-order valence-electron chi connectivity index (χ0n) is 15.6. The number of piperazine rings is 1. The Hall–Kier alpha value is -3.15. The van der Waals surface area contributed by atoms with Gasteiger partial charge >= 0.3 is 0 Å². The Morgan fingerprint density at radius 3 is 2.19 bits per heavy atom. The summed E-state index contributed by atoms with van der Waals surface area (Å²) < 4.78 is 0. The summed E-state index contributed by atoms with van der Waals surface area (Å²) in [6, 6.07) is 12.4. The molecule has 0 aliphatic carbocycles. The van der Waals surface area contributed by atoms with Crippen LogP contribution in [0, 0.1) is 13.8 Å². The number of rotatable bonds is 4. The summed E-state index contributed by atoms with van der Waals surface area (Å²) in [6.45, 7) is 6.10. The van der Waals surface area contributed by atoms with E-state index in [4.69, 9.17) is 0 Å². The molecule has 1 N–H and O–H groups in total. The van der Waals surface area contributed by atoms with E-state index >= 15 is 0 Å². The zero-order chi connectivity index (χ0) is 19.4. The molecule has 0 radical (unpaired) electrons. The van der Waals surface area contributed by atoms with Gasteiger partial charge < -0.3 is 15.1 Å². The number of hydrogen-bond donors (Lipinski definition) is 1. The molecule has 0 bridgehead atoms. The maximum absolute atomic E-state index is 12.6. The number of nitrogens with one attached hydrogen (secondary N) is 1. The molecule has 0 unspecified atom stereocenters. The van der Waals surface area contributed by atoms with E-state index < -0.39 is 0 Å². The van der Waals surface area contributed by atoms with E-state index in [1.54, 1.807) is 34.1 Å². The highest BCUT2D eigenvalue weighted by Gasteiger charge is 2.21. The topological polar surface area (TPSA) is 69.7 Å². The number of nitrogens with zero attached hydrogens (tertiary/aromatic N) is 2. The zero-order valence-corrected chi connectivity index (χ0v) is 15.6. The van der Waals surface area contributed by atoms with Gasteiger partial charge in [-0.1, -0.05) is 12.1 Å². The highest BCUT2D eigenvalue weighted by atomic mass is 16.2. The smallest absolute Gasteiger partial charge is 0.255 e. The van der Waals surface area contributed by atoms with Crippen LogP contribution < -0.4 is 5.32 Å². The average Bonchev–Trinajstić information content (AvgIpc) is 2.71. The van der Waals surface area contributed by atoms with Crippen LogP contribution in [0.15, 0.2) is 42.5 Å². The number of carbonyl (C=O) groups is 3. The maximum atomic E-state index is 12.6. The second-order valence-electron chi connectivity index (χ2n) is 6.71. The van der Waals surface area contributed by atoms with E-state index in [-0.39, 0.29) is 11.8 Å². The van der Waals surface area contributed by atoms with Gasteiger partial charge in [0.25, 0.3) is 11.8 Å². The number of aryl methyl sites for hydroxylation is 1. The largest absolute Gasteiger partial charge is 0.342 e. The minimum atomic E-state index is -0.206. The first kappa shape index (κ1) is 18.6. The van der Waals surface area contributed by atoms with Crippen molar-refractivity contribution in [3.8, 4) is 0 Å². The first-order valence-corrected chi connectivity index (χ1v) is 8.96. The molecule has 3 rings (SSSR count). The van der Waals surface area contributed by atoms with Crippen molar-refractivity contribution in [2.45, 2.75) is 13.8 Å². The third kappa shape index (κ3) is 4.16. The predicted octanol–water partition coefficient (Wildman–Crippen LogP) is 2.47. The number of hydrogen-bond acceptors (Lipinski definition) is 3. The first-order chi connectivity index (χ1) is 13.0. The van der Waals surface area contributed by atoms with E-state index in [1.807, 2.05) is 32.0 Å². The van der Waals surface area contributed by atoms with Gasteiger partial charge in [0.15, 0.2) is 0 Å². The molecule has 27 heavy (non-hydrogen) atoms. The Kier molecular flexibility index (Phi) is 5.54. The molecule has 140 valence electrons. The number of carbonyl (C=O) groups excluding carboxylic acids is 3. The lowest BCUT2D eigenvalue weighted by Crippen LogP contribution is -2.48. The molecule has 0 aromatic heterocycles. The molecule has 6 heteroatoms. The van der Waals surface area contributed by atoms with Crippen LogP contribution in [0.1, 0.15) is 31.8 Å². The SMILES string of the molecule is Cc1cccc(NC(=O)c2ccc(C(=O)N3CCN(C=O)CC3)cc2)c1C. The molecule has 0 saturated carbocycles. The quantitative estimate of drug-likeness (QED) is 0.846. The monoisotopic (exact) mass is 365 g/mol. The van der Waals surface area contributed by atoms with E-state index in [9.17, 15) is 14.4 Å². The molecule has 3 amide bonds. The molecule has 1 aliphatic heterocycles. The molecular formula is C21H23N3O3. The molecule has 2 aromatic carbocycles. The molecule has 1 heterocycles. The standard InChI is InChI=1S/C21H23N3O3/c1-15-4-3-5-19(16(15)2)22-20(26)17-6-8-18(9-7-17)21(27)24-12-10-23(14-25)11-13-24/h3-9,14H,10-13H2,1-2H3,(H,22,26). The van der Waals surface area contributed by atoms with Crippen LogP contribution in [0.25, 0.3) is 0 Å². The van der Waals surface area contributed by atoms with Gasteiger partial charge in [0.05, 0.1) is 0 Å². The van der Waals surface area contributed by atoms with Crippen LogP contribution in [-0.2, 0) is 4.79 Å². The molecule has 0 atom stereocenters. The van der Waals surface area contributed by atoms with Gasteiger partial charge in [-0.05, 0) is 55.3 Å². The molecular weight excluding hydrogens is 342 g/mol. The van der Waals surface area contributed by atoms with Crippen molar-refractivity contribution in [2.24, 2.45) is 0 Å². The van der Waals surface area contributed by atoms with Crippen molar-refractivity contribution >= 4 is 23.9 Å². The summed E-state index contributed by atoms with van der Waals surface area (Å²) in [5.41, 5.74) is 3.97. The number of anilines is 1. The Morgan fingerprint density at radius 1 is 0.926 bits per heavy atom. The first-order valence-electron chi connectivity index (χ1n) is 8.96. The normalized spacial score (nSPS) is 14.0. The van der Waals surface area contributed by atoms with E-state index in [2.05, 4.69) is 5.32 Å². The lowest BCUT2D eigenvalue weighted by Gasteiger charge is -2.32. The highest BCUT2D eigenvalue weighted by molar-refractivity contribution is 6.05. The maximum Gasteiger partial charge on any atom is 0.255 e. The lowest BCUT2D eigenvalue weighted by atomic mass is 10.1. The van der Waals surface area contributed by atoms with Crippen LogP contribution in [-0.4, -0.2) is 54.2 Å². The molecule has 1 aliphatic rings.